The third kappa shape index (κ3) is 7.58. The minimum absolute atomic E-state index is 0. The van der Waals surface area contributed by atoms with Crippen LogP contribution in [0.15, 0.2) is 207 Å². The molecule has 0 saturated heterocycles. The summed E-state index contributed by atoms with van der Waals surface area (Å²) in [5.41, 5.74) is 14.1. The zero-order valence-electron chi connectivity index (χ0n) is 41.6. The van der Waals surface area contributed by atoms with Gasteiger partial charge in [-0.25, -0.2) is 9.97 Å². The molecule has 356 valence electrons. The van der Waals surface area contributed by atoms with Crippen molar-refractivity contribution in [3.8, 4) is 23.0 Å². The van der Waals surface area contributed by atoms with E-state index in [9.17, 15) is 0 Å². The summed E-state index contributed by atoms with van der Waals surface area (Å²) in [6.07, 6.45) is 3.84. The van der Waals surface area contributed by atoms with Gasteiger partial charge in [-0.05, 0) is 118 Å². The van der Waals surface area contributed by atoms with Crippen molar-refractivity contribution < 1.29 is 21.1 Å². The summed E-state index contributed by atoms with van der Waals surface area (Å²) in [6.45, 7) is 13.4. The average molecular weight is 1120 g/mol. The zero-order chi connectivity index (χ0) is 48.9. The van der Waals surface area contributed by atoms with Crippen LogP contribution in [0.4, 0.5) is 0 Å². The maximum Gasteiger partial charge on any atom is 2.00 e. The van der Waals surface area contributed by atoms with E-state index in [-0.39, 0.29) is 31.9 Å². The van der Waals surface area contributed by atoms with Gasteiger partial charge >= 0.3 is 21.1 Å². The van der Waals surface area contributed by atoms with Gasteiger partial charge in [0.25, 0.3) is 0 Å². The van der Waals surface area contributed by atoms with Crippen molar-refractivity contribution in [3.05, 3.63) is 230 Å². The molecule has 0 fully saturated rings. The Bertz CT molecular complexity index is 4040. The molecule has 0 N–H and O–H groups in total. The van der Waals surface area contributed by atoms with Crippen LogP contribution in [0.3, 0.4) is 0 Å². The molecule has 0 aliphatic carbocycles. The van der Waals surface area contributed by atoms with Crippen LogP contribution in [0.1, 0.15) is 52.7 Å². The Morgan fingerprint density at radius 2 is 0.658 bits per heavy atom. The van der Waals surface area contributed by atoms with Crippen molar-refractivity contribution in [2.45, 2.75) is 52.4 Å². The summed E-state index contributed by atoms with van der Waals surface area (Å²) in [4.78, 5) is 9.58. The Morgan fingerprint density at radius 3 is 1.01 bits per heavy atom. The first-order valence-corrected chi connectivity index (χ1v) is 24.8. The van der Waals surface area contributed by atoms with Crippen molar-refractivity contribution in [2.75, 3.05) is 0 Å². The molecule has 0 amide bonds. The van der Waals surface area contributed by atoms with Crippen LogP contribution >= 0.6 is 0 Å². The first-order valence-electron chi connectivity index (χ1n) is 24.8. The summed E-state index contributed by atoms with van der Waals surface area (Å²) in [5.74, 6) is 1.85. The molecular weight excluding hydrogens is 1070 g/mol. The van der Waals surface area contributed by atoms with Crippen LogP contribution in [0, 0.1) is 12.1 Å². The molecular formula is C66H52N6Pt. The molecule has 6 nitrogen and oxygen atoms in total. The first kappa shape index (κ1) is 46.0. The molecule has 14 aromatic rings. The van der Waals surface area contributed by atoms with Crippen molar-refractivity contribution in [3.63, 3.8) is 0 Å². The normalized spacial score (nSPS) is 12.1. The number of benzene rings is 8. The Labute approximate surface area is 439 Å². The molecule has 0 aliphatic heterocycles. The Morgan fingerprint density at radius 1 is 0.329 bits per heavy atom. The van der Waals surface area contributed by atoms with Gasteiger partial charge in [0.15, 0.2) is 0 Å². The van der Waals surface area contributed by atoms with Crippen molar-refractivity contribution in [1.82, 2.24) is 28.2 Å². The predicted molar refractivity (Wildman–Crippen MR) is 301 cm³/mol. The van der Waals surface area contributed by atoms with E-state index in [1.54, 1.807) is 0 Å². The van der Waals surface area contributed by atoms with Crippen LogP contribution in [0.5, 0.6) is 0 Å². The van der Waals surface area contributed by atoms with Crippen LogP contribution in [-0.4, -0.2) is 28.2 Å². The monoisotopic (exact) mass is 1120 g/mol. The number of nitrogens with zero attached hydrogens (tertiary/aromatic N) is 6. The largest absolute Gasteiger partial charge is 2.00 e. The van der Waals surface area contributed by atoms with Gasteiger partial charge in [0, 0.05) is 56.3 Å². The minimum Gasteiger partial charge on any atom is -0.319 e. The number of para-hydroxylation sites is 6. The molecule has 6 aromatic heterocycles. The van der Waals surface area contributed by atoms with E-state index < -0.39 is 0 Å². The second kappa shape index (κ2) is 17.6. The van der Waals surface area contributed by atoms with Crippen molar-refractivity contribution in [1.29, 1.82) is 0 Å². The summed E-state index contributed by atoms with van der Waals surface area (Å²) < 4.78 is 9.24. The second-order valence-electron chi connectivity index (χ2n) is 21.0. The Balaban J connectivity index is 0.000000147. The van der Waals surface area contributed by atoms with Crippen molar-refractivity contribution >= 4 is 87.2 Å². The van der Waals surface area contributed by atoms with Gasteiger partial charge in [0.05, 0.1) is 22.1 Å². The predicted octanol–water partition coefficient (Wildman–Crippen LogP) is 16.7. The minimum atomic E-state index is 0. The molecule has 73 heavy (non-hydrogen) atoms. The van der Waals surface area contributed by atoms with Crippen LogP contribution in [-0.2, 0) is 31.9 Å². The summed E-state index contributed by atoms with van der Waals surface area (Å²) in [6, 6.07) is 76.2. The number of hydrogen-bond donors (Lipinski definition) is 0. The molecule has 8 aromatic carbocycles. The molecule has 0 aliphatic rings. The van der Waals surface area contributed by atoms with Gasteiger partial charge in [-0.2, -0.15) is 48.5 Å². The van der Waals surface area contributed by atoms with E-state index in [1.165, 1.54) is 76.3 Å². The van der Waals surface area contributed by atoms with Gasteiger partial charge in [-0.3, -0.25) is 0 Å². The molecule has 0 radical (unpaired) electrons. The van der Waals surface area contributed by atoms with Gasteiger partial charge in [-0.1, -0.05) is 125 Å². The third-order valence-electron chi connectivity index (χ3n) is 14.5. The van der Waals surface area contributed by atoms with E-state index in [0.717, 1.165) is 45.1 Å². The number of fused-ring (bicyclic) bond motifs is 12. The fraction of sp³-hybridized carbons (Fsp3) is 0.121. The first-order chi connectivity index (χ1) is 35.0. The van der Waals surface area contributed by atoms with Gasteiger partial charge in [0.2, 0.25) is 0 Å². The third-order valence-corrected chi connectivity index (χ3v) is 14.5. The maximum atomic E-state index is 4.79. The Kier molecular flexibility index (Phi) is 11.1. The summed E-state index contributed by atoms with van der Waals surface area (Å²) in [5, 5.41) is 9.84. The Hall–Kier alpha value is -8.05. The van der Waals surface area contributed by atoms with Gasteiger partial charge in [-0.15, -0.1) is 10.8 Å². The van der Waals surface area contributed by atoms with Crippen LogP contribution in [0.2, 0.25) is 0 Å². The zero-order valence-corrected chi connectivity index (χ0v) is 43.9. The topological polar surface area (TPSA) is 45.5 Å². The van der Waals surface area contributed by atoms with Crippen LogP contribution in [0.25, 0.3) is 110 Å². The number of hydrogen-bond acceptors (Lipinski definition) is 2. The van der Waals surface area contributed by atoms with E-state index in [4.69, 9.17) is 9.97 Å². The van der Waals surface area contributed by atoms with Crippen molar-refractivity contribution in [2.24, 2.45) is 0 Å². The van der Waals surface area contributed by atoms with E-state index in [0.29, 0.717) is 0 Å². The van der Waals surface area contributed by atoms with E-state index in [1.807, 2.05) is 24.5 Å². The molecule has 7 heteroatoms. The SMILES string of the molecule is CC(C)(C)c1ccnc(-n2c3[c-]cccc3c3cc(-n4c5ccccc5c5ccccc54)ccc32)c1.CC(C)(C)c1ccnc(-n2c3[c-]cccc3c3cc(-n4c5ccccc5c5ccccc54)ccc32)c1.[Pt+2]. The second-order valence-corrected chi connectivity index (χ2v) is 21.0. The standard InChI is InChI=1S/2C33H26N3.Pt/c2*1-33(2,3)22-18-19-34-32(20-22)36-30-15-9-6-12-26(30)27-21-23(16-17-31(27)36)35-28-13-7-4-10-24(28)25-11-5-8-14-29(25)35;/h2*4-14,16-21H,1-3H3;/q2*-1;+2. The van der Waals surface area contributed by atoms with E-state index in [2.05, 4.69) is 254 Å². The molecule has 0 atom stereocenters. The average Bonchev–Trinajstić information content (AvgIpc) is 4.13. The van der Waals surface area contributed by atoms with E-state index >= 15 is 0 Å². The smallest absolute Gasteiger partial charge is 0.319 e. The van der Waals surface area contributed by atoms with Gasteiger partial charge < -0.3 is 18.3 Å². The quantitative estimate of drug-likeness (QED) is 0.165. The maximum absolute atomic E-state index is 4.79. The molecule has 0 saturated carbocycles. The number of aromatic nitrogens is 6. The molecule has 0 bridgehead atoms. The number of pyridine rings is 2. The van der Waals surface area contributed by atoms with Crippen LogP contribution < -0.4 is 0 Å². The summed E-state index contributed by atoms with van der Waals surface area (Å²) in [7, 11) is 0. The molecule has 14 rings (SSSR count). The molecule has 6 heterocycles. The number of rotatable bonds is 4. The molecule has 0 spiro atoms. The fourth-order valence-electron chi connectivity index (χ4n) is 10.9. The van der Waals surface area contributed by atoms with Gasteiger partial charge in [0.1, 0.15) is 11.6 Å². The summed E-state index contributed by atoms with van der Waals surface area (Å²) >= 11 is 0. The molecule has 0 unspecified atom stereocenters. The fourth-order valence-corrected chi connectivity index (χ4v) is 10.9.